The zero-order valence-corrected chi connectivity index (χ0v) is 15.6. The average molecular weight is 420 g/mol. The zero-order chi connectivity index (χ0) is 18.9. The van der Waals surface area contributed by atoms with Gasteiger partial charge in [0.1, 0.15) is 6.54 Å². The van der Waals surface area contributed by atoms with E-state index in [1.165, 1.54) is 0 Å². The summed E-state index contributed by atoms with van der Waals surface area (Å²) < 4.78 is 67.4. The summed E-state index contributed by atoms with van der Waals surface area (Å²) in [4.78, 5) is 11.5. The van der Waals surface area contributed by atoms with E-state index in [4.69, 9.17) is 4.74 Å². The van der Waals surface area contributed by atoms with Crippen molar-refractivity contribution >= 4 is 28.3 Å². The molecule has 1 amide bonds. The Labute approximate surface area is 156 Å². The molecule has 0 fully saturated rings. The maximum absolute atomic E-state index is 12.1. The maximum Gasteiger partial charge on any atom is 0.405 e. The Balaban J connectivity index is 0.00000625. The Kier molecular flexibility index (Phi) is 10.7. The first kappa shape index (κ1) is 24.6. The molecular formula is C14H21ClF3N3O4S. The van der Waals surface area contributed by atoms with E-state index in [1.807, 2.05) is 0 Å². The van der Waals surface area contributed by atoms with Crippen LogP contribution in [0, 0.1) is 0 Å². The van der Waals surface area contributed by atoms with E-state index in [0.717, 1.165) is 24.3 Å². The minimum Gasteiger partial charge on any atom is -0.383 e. The van der Waals surface area contributed by atoms with Gasteiger partial charge in [0.05, 0.1) is 11.5 Å². The summed E-state index contributed by atoms with van der Waals surface area (Å²) in [5.74, 6) is -0.934. The molecule has 26 heavy (non-hydrogen) atoms. The number of carbonyl (C=O) groups is 1. The molecular weight excluding hydrogens is 399 g/mol. The molecule has 0 unspecified atom stereocenters. The van der Waals surface area contributed by atoms with Crippen LogP contribution in [0.4, 0.5) is 13.2 Å². The third kappa shape index (κ3) is 9.34. The first-order chi connectivity index (χ1) is 11.7. The van der Waals surface area contributed by atoms with Gasteiger partial charge >= 0.3 is 6.18 Å². The Hall–Kier alpha value is -1.40. The number of ether oxygens (including phenoxy) is 1. The Morgan fingerprint density at radius 2 is 1.73 bits per heavy atom. The molecule has 1 rings (SSSR count). The number of alkyl halides is 3. The van der Waals surface area contributed by atoms with Crippen LogP contribution in [0.3, 0.4) is 0 Å². The molecule has 0 aliphatic heterocycles. The molecule has 0 aliphatic rings. The lowest BCUT2D eigenvalue weighted by Gasteiger charge is -2.10. The highest BCUT2D eigenvalue weighted by atomic mass is 35.5. The molecule has 0 saturated carbocycles. The average Bonchev–Trinajstić information content (AvgIpc) is 2.55. The fourth-order valence-electron chi connectivity index (χ4n) is 1.72. The van der Waals surface area contributed by atoms with Crippen LogP contribution in [0.15, 0.2) is 29.2 Å². The second kappa shape index (κ2) is 11.3. The lowest BCUT2D eigenvalue weighted by atomic mass is 10.2. The molecule has 1 aromatic carbocycles. The van der Waals surface area contributed by atoms with Gasteiger partial charge in [0.15, 0.2) is 0 Å². The molecule has 150 valence electrons. The van der Waals surface area contributed by atoms with Gasteiger partial charge in [0, 0.05) is 32.3 Å². The summed E-state index contributed by atoms with van der Waals surface area (Å²) in [6.45, 7) is 0.189. The van der Waals surface area contributed by atoms with Crippen LogP contribution in [0.1, 0.15) is 10.4 Å². The quantitative estimate of drug-likeness (QED) is 0.490. The number of methoxy groups -OCH3 is 1. The molecule has 3 N–H and O–H groups in total. The van der Waals surface area contributed by atoms with Crippen molar-refractivity contribution in [1.82, 2.24) is 15.4 Å². The summed E-state index contributed by atoms with van der Waals surface area (Å²) in [7, 11) is -2.21. The number of carbonyl (C=O) groups excluding carboxylic acids is 1. The molecule has 0 spiro atoms. The van der Waals surface area contributed by atoms with Gasteiger partial charge in [-0.05, 0) is 24.3 Å². The topological polar surface area (TPSA) is 96.5 Å². The molecule has 0 atom stereocenters. The minimum atomic E-state index is -4.51. The second-order valence-corrected chi connectivity index (χ2v) is 6.73. The van der Waals surface area contributed by atoms with Crippen LogP contribution in [-0.2, 0) is 14.8 Å². The summed E-state index contributed by atoms with van der Waals surface area (Å²) in [5.41, 5.74) is -0.0653. The highest BCUT2D eigenvalue weighted by Gasteiger charge is 2.28. The first-order valence-electron chi connectivity index (χ1n) is 7.30. The van der Waals surface area contributed by atoms with E-state index in [2.05, 4.69) is 10.0 Å². The number of halogens is 4. The smallest absolute Gasteiger partial charge is 0.383 e. The van der Waals surface area contributed by atoms with Gasteiger partial charge in [0.25, 0.3) is 5.91 Å². The third-order valence-electron chi connectivity index (χ3n) is 2.95. The van der Waals surface area contributed by atoms with E-state index >= 15 is 0 Å². The van der Waals surface area contributed by atoms with Crippen LogP contribution < -0.4 is 15.4 Å². The molecule has 1 aromatic rings. The van der Waals surface area contributed by atoms with Crippen molar-refractivity contribution in [3.05, 3.63) is 29.8 Å². The number of amides is 1. The molecule has 0 saturated heterocycles. The van der Waals surface area contributed by atoms with E-state index in [1.54, 1.807) is 12.4 Å². The molecule has 0 radical (unpaired) electrons. The highest BCUT2D eigenvalue weighted by Crippen LogP contribution is 2.14. The molecule has 0 aromatic heterocycles. The monoisotopic (exact) mass is 419 g/mol. The van der Waals surface area contributed by atoms with E-state index in [0.29, 0.717) is 19.7 Å². The van der Waals surface area contributed by atoms with Gasteiger partial charge in [-0.1, -0.05) is 0 Å². The van der Waals surface area contributed by atoms with E-state index in [-0.39, 0.29) is 29.4 Å². The lowest BCUT2D eigenvalue weighted by molar-refractivity contribution is -0.123. The van der Waals surface area contributed by atoms with Crippen molar-refractivity contribution in [3.8, 4) is 0 Å². The molecule has 12 heteroatoms. The number of hydrogen-bond donors (Lipinski definition) is 3. The number of nitrogens with one attached hydrogen (secondary N) is 3. The number of hydrogen-bond acceptors (Lipinski definition) is 5. The van der Waals surface area contributed by atoms with Gasteiger partial charge < -0.3 is 15.4 Å². The van der Waals surface area contributed by atoms with Crippen molar-refractivity contribution < 1.29 is 31.1 Å². The third-order valence-corrected chi connectivity index (χ3v) is 4.43. The molecule has 0 bridgehead atoms. The lowest BCUT2D eigenvalue weighted by Crippen LogP contribution is -2.34. The zero-order valence-electron chi connectivity index (χ0n) is 13.9. The van der Waals surface area contributed by atoms with E-state index in [9.17, 15) is 26.4 Å². The van der Waals surface area contributed by atoms with E-state index < -0.39 is 28.7 Å². The van der Waals surface area contributed by atoms with Crippen LogP contribution >= 0.6 is 12.4 Å². The van der Waals surface area contributed by atoms with Gasteiger partial charge in [-0.3, -0.25) is 4.79 Å². The fraction of sp³-hybridized carbons (Fsp3) is 0.500. The highest BCUT2D eigenvalue weighted by molar-refractivity contribution is 7.89. The van der Waals surface area contributed by atoms with Crippen LogP contribution in [-0.4, -0.2) is 60.4 Å². The summed E-state index contributed by atoms with van der Waals surface area (Å²) in [6.07, 6.45) is -4.51. The first-order valence-corrected chi connectivity index (χ1v) is 8.78. The normalized spacial score (nSPS) is 11.7. The van der Waals surface area contributed by atoms with Crippen molar-refractivity contribution in [2.45, 2.75) is 11.1 Å². The Morgan fingerprint density at radius 1 is 1.12 bits per heavy atom. The standard InChI is InChI=1S/C14H20F3N3O4S.ClH/c1-24-9-8-18-6-7-20-25(22,23)12-4-2-11(3-5-12)13(21)19-10-14(15,16)17;/h2-5,18,20H,6-10H2,1H3,(H,19,21);1H. The predicted octanol–water partition coefficient (Wildman–Crippen LogP) is 0.915. The Morgan fingerprint density at radius 3 is 2.27 bits per heavy atom. The largest absolute Gasteiger partial charge is 0.405 e. The van der Waals surface area contributed by atoms with Gasteiger partial charge in [0.2, 0.25) is 10.0 Å². The Bertz CT molecular complexity index is 654. The van der Waals surface area contributed by atoms with Gasteiger partial charge in [-0.25, -0.2) is 13.1 Å². The molecule has 7 nitrogen and oxygen atoms in total. The number of rotatable bonds is 10. The number of benzene rings is 1. The van der Waals surface area contributed by atoms with Crippen LogP contribution in [0.5, 0.6) is 0 Å². The minimum absolute atomic E-state index is 0. The summed E-state index contributed by atoms with van der Waals surface area (Å²) in [6, 6.07) is 4.61. The maximum atomic E-state index is 12.1. The summed E-state index contributed by atoms with van der Waals surface area (Å²) >= 11 is 0. The van der Waals surface area contributed by atoms with Gasteiger partial charge in [-0.15, -0.1) is 12.4 Å². The van der Waals surface area contributed by atoms with Crippen molar-refractivity contribution in [2.75, 3.05) is 39.9 Å². The molecule has 0 aliphatic carbocycles. The van der Waals surface area contributed by atoms with Crippen molar-refractivity contribution in [3.63, 3.8) is 0 Å². The summed E-state index contributed by atoms with van der Waals surface area (Å²) in [5, 5.41) is 4.67. The van der Waals surface area contributed by atoms with Crippen LogP contribution in [0.2, 0.25) is 0 Å². The predicted molar refractivity (Wildman–Crippen MR) is 92.0 cm³/mol. The number of sulfonamides is 1. The van der Waals surface area contributed by atoms with Gasteiger partial charge in [-0.2, -0.15) is 13.2 Å². The SMILES string of the molecule is COCCNCCNS(=O)(=O)c1ccc(C(=O)NCC(F)(F)F)cc1.Cl. The second-order valence-electron chi connectivity index (χ2n) is 4.96. The van der Waals surface area contributed by atoms with Crippen molar-refractivity contribution in [2.24, 2.45) is 0 Å². The molecule has 0 heterocycles. The fourth-order valence-corrected chi connectivity index (χ4v) is 2.76. The van der Waals surface area contributed by atoms with Crippen LogP contribution in [0.25, 0.3) is 0 Å². The van der Waals surface area contributed by atoms with Crippen molar-refractivity contribution in [1.29, 1.82) is 0 Å².